The van der Waals surface area contributed by atoms with E-state index in [9.17, 15) is 0 Å². The molecule has 0 spiro atoms. The summed E-state index contributed by atoms with van der Waals surface area (Å²) in [4.78, 5) is 16.6. The predicted molar refractivity (Wildman–Crippen MR) is 85.7 cm³/mol. The van der Waals surface area contributed by atoms with Gasteiger partial charge in [-0.05, 0) is 36.4 Å². The van der Waals surface area contributed by atoms with Crippen molar-refractivity contribution >= 4 is 22.8 Å². The number of nitrogens with zero attached hydrogens (tertiary/aromatic N) is 4. The lowest BCUT2D eigenvalue weighted by molar-refractivity contribution is 0.778. The van der Waals surface area contributed by atoms with Gasteiger partial charge in [-0.25, -0.2) is 15.0 Å². The number of hydrogen-bond donors (Lipinski definition) is 1. The van der Waals surface area contributed by atoms with Crippen LogP contribution in [0.1, 0.15) is 5.82 Å². The molecule has 3 heterocycles. The van der Waals surface area contributed by atoms with Gasteiger partial charge < -0.3 is 9.55 Å². The monoisotopic (exact) mass is 309 g/mol. The Balaban J connectivity index is 1.91. The van der Waals surface area contributed by atoms with Crippen molar-refractivity contribution in [1.29, 1.82) is 0 Å². The summed E-state index contributed by atoms with van der Waals surface area (Å²) in [6.45, 7) is 0.582. The second kappa shape index (κ2) is 5.27. The Morgan fingerprint density at radius 3 is 2.68 bits per heavy atom. The van der Waals surface area contributed by atoms with E-state index in [1.807, 2.05) is 42.6 Å². The van der Waals surface area contributed by atoms with E-state index in [1.165, 1.54) is 0 Å². The summed E-state index contributed by atoms with van der Waals surface area (Å²) in [7, 11) is 0. The molecule has 1 aromatic carbocycles. The zero-order valence-electron chi connectivity index (χ0n) is 11.6. The van der Waals surface area contributed by atoms with Crippen LogP contribution >= 0.6 is 11.6 Å². The van der Waals surface area contributed by atoms with Crippen molar-refractivity contribution in [3.05, 3.63) is 65.8 Å². The average molecular weight is 310 g/mol. The molecular weight excluding hydrogens is 298 g/mol. The highest BCUT2D eigenvalue weighted by atomic mass is 35.5. The SMILES string of the molecule is Clc1ccc(-c2nc3cccnc3n2Cc2ncc[nH]2)cc1. The van der Waals surface area contributed by atoms with Crippen LogP contribution in [-0.4, -0.2) is 24.5 Å². The lowest BCUT2D eigenvalue weighted by Gasteiger charge is -2.07. The molecule has 6 heteroatoms. The summed E-state index contributed by atoms with van der Waals surface area (Å²) < 4.78 is 2.05. The summed E-state index contributed by atoms with van der Waals surface area (Å²) in [5, 5.41) is 0.704. The number of aromatic nitrogens is 5. The number of halogens is 1. The van der Waals surface area contributed by atoms with Crippen molar-refractivity contribution in [2.45, 2.75) is 6.54 Å². The van der Waals surface area contributed by atoms with Gasteiger partial charge in [0, 0.05) is 29.2 Å². The molecule has 0 aliphatic carbocycles. The van der Waals surface area contributed by atoms with Crippen LogP contribution in [0, 0.1) is 0 Å². The largest absolute Gasteiger partial charge is 0.347 e. The molecule has 0 aliphatic heterocycles. The lowest BCUT2D eigenvalue weighted by atomic mass is 10.2. The molecule has 4 rings (SSSR count). The van der Waals surface area contributed by atoms with Crippen LogP contribution in [0.3, 0.4) is 0 Å². The maximum atomic E-state index is 5.98. The number of aromatic amines is 1. The molecule has 5 nitrogen and oxygen atoms in total. The Labute approximate surface area is 131 Å². The molecule has 0 unspecified atom stereocenters. The molecule has 1 N–H and O–H groups in total. The van der Waals surface area contributed by atoms with Crippen molar-refractivity contribution in [2.75, 3.05) is 0 Å². The number of H-pyrrole nitrogens is 1. The Morgan fingerprint density at radius 2 is 1.91 bits per heavy atom. The Bertz CT molecular complexity index is 910. The van der Waals surface area contributed by atoms with Crippen LogP contribution in [0.4, 0.5) is 0 Å². The number of benzene rings is 1. The minimum absolute atomic E-state index is 0.582. The number of rotatable bonds is 3. The maximum Gasteiger partial charge on any atom is 0.160 e. The van der Waals surface area contributed by atoms with Gasteiger partial charge >= 0.3 is 0 Å². The lowest BCUT2D eigenvalue weighted by Crippen LogP contribution is -2.04. The number of fused-ring (bicyclic) bond motifs is 1. The van der Waals surface area contributed by atoms with Crippen molar-refractivity contribution in [2.24, 2.45) is 0 Å². The first-order valence-corrected chi connectivity index (χ1v) is 7.24. The van der Waals surface area contributed by atoms with Crippen molar-refractivity contribution in [3.63, 3.8) is 0 Å². The molecule has 0 saturated heterocycles. The molecule has 0 atom stereocenters. The third kappa shape index (κ3) is 2.25. The molecular formula is C16H12ClN5. The second-order valence-corrected chi connectivity index (χ2v) is 5.35. The van der Waals surface area contributed by atoms with Crippen LogP contribution in [0.2, 0.25) is 5.02 Å². The first kappa shape index (κ1) is 13.0. The number of imidazole rings is 2. The van der Waals surface area contributed by atoms with Gasteiger partial charge in [0.15, 0.2) is 5.65 Å². The van der Waals surface area contributed by atoms with Crippen LogP contribution in [0.5, 0.6) is 0 Å². The van der Waals surface area contributed by atoms with E-state index >= 15 is 0 Å². The molecule has 108 valence electrons. The molecule has 0 radical (unpaired) electrons. The summed E-state index contributed by atoms with van der Waals surface area (Å²) >= 11 is 5.98. The van der Waals surface area contributed by atoms with E-state index in [-0.39, 0.29) is 0 Å². The highest BCUT2D eigenvalue weighted by molar-refractivity contribution is 6.30. The van der Waals surface area contributed by atoms with Gasteiger partial charge in [-0.2, -0.15) is 0 Å². The molecule has 4 aromatic rings. The molecule has 0 saturated carbocycles. The Kier molecular flexibility index (Phi) is 3.12. The quantitative estimate of drug-likeness (QED) is 0.630. The molecule has 22 heavy (non-hydrogen) atoms. The van der Waals surface area contributed by atoms with E-state index in [1.54, 1.807) is 12.4 Å². The van der Waals surface area contributed by atoms with Crippen molar-refractivity contribution in [1.82, 2.24) is 24.5 Å². The van der Waals surface area contributed by atoms with Gasteiger partial charge in [0.25, 0.3) is 0 Å². The first-order valence-electron chi connectivity index (χ1n) is 6.87. The zero-order chi connectivity index (χ0) is 14.9. The molecule has 0 fully saturated rings. The predicted octanol–water partition coefficient (Wildman–Crippen LogP) is 3.52. The molecule has 0 aliphatic rings. The van der Waals surface area contributed by atoms with Gasteiger partial charge in [0.1, 0.15) is 17.2 Å². The van der Waals surface area contributed by atoms with Crippen LogP contribution in [0.15, 0.2) is 55.0 Å². The minimum atomic E-state index is 0.582. The van der Waals surface area contributed by atoms with Crippen molar-refractivity contribution < 1.29 is 0 Å². The van der Waals surface area contributed by atoms with Crippen LogP contribution in [-0.2, 0) is 6.54 Å². The maximum absolute atomic E-state index is 5.98. The fraction of sp³-hybridized carbons (Fsp3) is 0.0625. The Hall–Kier alpha value is -2.66. The molecule has 3 aromatic heterocycles. The zero-order valence-corrected chi connectivity index (χ0v) is 12.3. The fourth-order valence-corrected chi connectivity index (χ4v) is 2.59. The van der Waals surface area contributed by atoms with E-state index in [4.69, 9.17) is 16.6 Å². The Morgan fingerprint density at radius 1 is 1.05 bits per heavy atom. The topological polar surface area (TPSA) is 59.4 Å². The second-order valence-electron chi connectivity index (χ2n) is 4.91. The van der Waals surface area contributed by atoms with Gasteiger partial charge in [-0.1, -0.05) is 11.6 Å². The van der Waals surface area contributed by atoms with Crippen LogP contribution in [0.25, 0.3) is 22.6 Å². The summed E-state index contributed by atoms with van der Waals surface area (Å²) in [5.74, 6) is 1.71. The van der Waals surface area contributed by atoms with E-state index in [2.05, 4.69) is 19.5 Å². The minimum Gasteiger partial charge on any atom is -0.347 e. The first-order chi connectivity index (χ1) is 10.8. The molecule has 0 bridgehead atoms. The number of nitrogens with one attached hydrogen (secondary N) is 1. The highest BCUT2D eigenvalue weighted by Crippen LogP contribution is 2.25. The van der Waals surface area contributed by atoms with E-state index < -0.39 is 0 Å². The van der Waals surface area contributed by atoms with Crippen molar-refractivity contribution in [3.8, 4) is 11.4 Å². The summed E-state index contributed by atoms with van der Waals surface area (Å²) in [5.41, 5.74) is 2.69. The third-order valence-electron chi connectivity index (χ3n) is 3.47. The summed E-state index contributed by atoms with van der Waals surface area (Å²) in [6.07, 6.45) is 5.32. The van der Waals surface area contributed by atoms with Gasteiger partial charge in [-0.15, -0.1) is 0 Å². The average Bonchev–Trinajstić information content (AvgIpc) is 3.17. The highest BCUT2D eigenvalue weighted by Gasteiger charge is 2.14. The van der Waals surface area contributed by atoms with E-state index in [0.717, 1.165) is 28.4 Å². The van der Waals surface area contributed by atoms with Gasteiger partial charge in [-0.3, -0.25) is 0 Å². The van der Waals surface area contributed by atoms with E-state index in [0.29, 0.717) is 11.6 Å². The van der Waals surface area contributed by atoms with Gasteiger partial charge in [0.2, 0.25) is 0 Å². The number of hydrogen-bond acceptors (Lipinski definition) is 3. The molecule has 0 amide bonds. The van der Waals surface area contributed by atoms with Gasteiger partial charge in [0.05, 0.1) is 6.54 Å². The fourth-order valence-electron chi connectivity index (χ4n) is 2.46. The third-order valence-corrected chi connectivity index (χ3v) is 3.72. The number of pyridine rings is 1. The van der Waals surface area contributed by atoms with Crippen LogP contribution < -0.4 is 0 Å². The summed E-state index contributed by atoms with van der Waals surface area (Å²) in [6, 6.07) is 11.5. The normalized spacial score (nSPS) is 11.1. The smallest absolute Gasteiger partial charge is 0.160 e. The standard InChI is InChI=1S/C16H12ClN5/c17-12-5-3-11(4-6-12)15-21-13-2-1-7-20-16(13)22(15)10-14-18-8-9-19-14/h1-9H,10H2,(H,18,19).